The summed E-state index contributed by atoms with van der Waals surface area (Å²) in [7, 11) is 1.77. The number of aryl methyl sites for hydroxylation is 1. The molecule has 0 aliphatic carbocycles. The summed E-state index contributed by atoms with van der Waals surface area (Å²) >= 11 is 0. The third-order valence-electron chi connectivity index (χ3n) is 2.19. The third kappa shape index (κ3) is 3.54. The molecule has 0 saturated heterocycles. The molecule has 1 unspecified atom stereocenters. The summed E-state index contributed by atoms with van der Waals surface area (Å²) in [4.78, 5) is 0. The first kappa shape index (κ1) is 12.5. The Kier molecular flexibility index (Phi) is 4.77. The number of rotatable bonds is 5. The van der Waals surface area contributed by atoms with Crippen molar-refractivity contribution in [2.45, 2.75) is 13.0 Å². The SMILES string of the molecule is CNCC(O)COc1cc(C#N)ccc1C. The second-order valence-corrected chi connectivity index (χ2v) is 3.61. The average molecular weight is 220 g/mol. The van der Waals surface area contributed by atoms with E-state index >= 15 is 0 Å². The summed E-state index contributed by atoms with van der Waals surface area (Å²) in [6.45, 7) is 2.61. The van der Waals surface area contributed by atoms with Crippen LogP contribution in [0.2, 0.25) is 0 Å². The Bertz CT molecular complexity index is 385. The van der Waals surface area contributed by atoms with E-state index in [2.05, 4.69) is 11.4 Å². The highest BCUT2D eigenvalue weighted by Crippen LogP contribution is 2.19. The maximum atomic E-state index is 9.48. The smallest absolute Gasteiger partial charge is 0.123 e. The minimum Gasteiger partial charge on any atom is -0.491 e. The van der Waals surface area contributed by atoms with Crippen molar-refractivity contribution < 1.29 is 9.84 Å². The van der Waals surface area contributed by atoms with E-state index in [9.17, 15) is 5.11 Å². The van der Waals surface area contributed by atoms with Crippen molar-refractivity contribution >= 4 is 0 Å². The van der Waals surface area contributed by atoms with Crippen LogP contribution in [0.15, 0.2) is 18.2 Å². The predicted molar refractivity (Wildman–Crippen MR) is 61.3 cm³/mol. The summed E-state index contributed by atoms with van der Waals surface area (Å²) in [6.07, 6.45) is -0.546. The second-order valence-electron chi connectivity index (χ2n) is 3.61. The first-order valence-corrected chi connectivity index (χ1v) is 5.13. The quantitative estimate of drug-likeness (QED) is 0.771. The lowest BCUT2D eigenvalue weighted by atomic mass is 10.1. The van der Waals surface area contributed by atoms with E-state index in [1.807, 2.05) is 13.0 Å². The van der Waals surface area contributed by atoms with Gasteiger partial charge in [-0.3, -0.25) is 0 Å². The standard InChI is InChI=1S/C12H16N2O2/c1-9-3-4-10(6-13)5-12(9)16-8-11(15)7-14-2/h3-5,11,14-15H,7-8H2,1-2H3. The van der Waals surface area contributed by atoms with Crippen molar-refractivity contribution in [2.24, 2.45) is 0 Å². The molecule has 0 aromatic heterocycles. The normalized spacial score (nSPS) is 11.9. The van der Waals surface area contributed by atoms with Gasteiger partial charge in [-0.25, -0.2) is 0 Å². The minimum atomic E-state index is -0.546. The predicted octanol–water partition coefficient (Wildman–Crippen LogP) is 0.826. The molecule has 0 saturated carbocycles. The molecule has 1 aromatic rings. The highest BCUT2D eigenvalue weighted by molar-refractivity contribution is 5.41. The molecule has 0 aliphatic rings. The summed E-state index contributed by atoms with van der Waals surface area (Å²) in [5, 5.41) is 21.1. The van der Waals surface area contributed by atoms with Crippen LogP contribution in [-0.2, 0) is 0 Å². The van der Waals surface area contributed by atoms with Gasteiger partial charge in [-0.2, -0.15) is 5.26 Å². The van der Waals surface area contributed by atoms with Crippen LogP contribution in [0.25, 0.3) is 0 Å². The molecule has 86 valence electrons. The summed E-state index contributed by atoms with van der Waals surface area (Å²) in [5.41, 5.74) is 1.51. The van der Waals surface area contributed by atoms with Gasteiger partial charge in [-0.15, -0.1) is 0 Å². The van der Waals surface area contributed by atoms with E-state index in [0.717, 1.165) is 5.56 Å². The molecule has 0 heterocycles. The van der Waals surface area contributed by atoms with Crippen LogP contribution in [-0.4, -0.2) is 31.4 Å². The molecule has 1 rings (SSSR count). The van der Waals surface area contributed by atoms with E-state index in [-0.39, 0.29) is 6.61 Å². The Morgan fingerprint density at radius 1 is 1.56 bits per heavy atom. The molecule has 1 aromatic carbocycles. The van der Waals surface area contributed by atoms with Crippen molar-refractivity contribution in [3.8, 4) is 11.8 Å². The van der Waals surface area contributed by atoms with Crippen LogP contribution in [0, 0.1) is 18.3 Å². The summed E-state index contributed by atoms with van der Waals surface area (Å²) in [6, 6.07) is 7.31. The van der Waals surface area contributed by atoms with Crippen LogP contribution >= 0.6 is 0 Å². The van der Waals surface area contributed by atoms with Crippen LogP contribution in [0.4, 0.5) is 0 Å². The van der Waals surface area contributed by atoms with Crippen molar-refractivity contribution in [3.05, 3.63) is 29.3 Å². The van der Waals surface area contributed by atoms with Crippen LogP contribution in [0.1, 0.15) is 11.1 Å². The zero-order valence-electron chi connectivity index (χ0n) is 9.53. The number of nitrogens with zero attached hydrogens (tertiary/aromatic N) is 1. The van der Waals surface area contributed by atoms with Crippen LogP contribution in [0.3, 0.4) is 0 Å². The van der Waals surface area contributed by atoms with Gasteiger partial charge in [-0.05, 0) is 31.7 Å². The first-order chi connectivity index (χ1) is 7.67. The average Bonchev–Trinajstić information content (AvgIpc) is 2.28. The monoisotopic (exact) mass is 220 g/mol. The van der Waals surface area contributed by atoms with Gasteiger partial charge in [0.25, 0.3) is 0 Å². The molecule has 0 bridgehead atoms. The third-order valence-corrected chi connectivity index (χ3v) is 2.19. The molecular formula is C12H16N2O2. The topological polar surface area (TPSA) is 65.3 Å². The number of aliphatic hydroxyl groups is 1. The molecule has 0 aliphatic heterocycles. The molecule has 0 radical (unpaired) electrons. The fourth-order valence-corrected chi connectivity index (χ4v) is 1.31. The van der Waals surface area contributed by atoms with Gasteiger partial charge in [0.15, 0.2) is 0 Å². The van der Waals surface area contributed by atoms with Gasteiger partial charge in [-0.1, -0.05) is 6.07 Å². The Morgan fingerprint density at radius 2 is 2.31 bits per heavy atom. The molecule has 0 amide bonds. The summed E-state index contributed by atoms with van der Waals surface area (Å²) in [5.74, 6) is 0.647. The molecule has 1 atom stereocenters. The highest BCUT2D eigenvalue weighted by Gasteiger charge is 2.06. The Labute approximate surface area is 95.5 Å². The lowest BCUT2D eigenvalue weighted by molar-refractivity contribution is 0.108. The van der Waals surface area contributed by atoms with Gasteiger partial charge >= 0.3 is 0 Å². The maximum Gasteiger partial charge on any atom is 0.123 e. The molecule has 2 N–H and O–H groups in total. The molecule has 4 heteroatoms. The number of hydrogen-bond acceptors (Lipinski definition) is 4. The lowest BCUT2D eigenvalue weighted by Crippen LogP contribution is -2.29. The van der Waals surface area contributed by atoms with E-state index in [1.165, 1.54) is 0 Å². The number of nitriles is 1. The van der Waals surface area contributed by atoms with Crippen molar-refractivity contribution in [1.29, 1.82) is 5.26 Å². The lowest BCUT2D eigenvalue weighted by Gasteiger charge is -2.13. The largest absolute Gasteiger partial charge is 0.491 e. The zero-order valence-corrected chi connectivity index (χ0v) is 9.53. The number of likely N-dealkylation sites (N-methyl/N-ethyl adjacent to an activating group) is 1. The van der Waals surface area contributed by atoms with E-state index < -0.39 is 6.10 Å². The van der Waals surface area contributed by atoms with Gasteiger partial charge in [0.05, 0.1) is 11.6 Å². The molecule has 16 heavy (non-hydrogen) atoms. The minimum absolute atomic E-state index is 0.219. The van der Waals surface area contributed by atoms with Crippen molar-refractivity contribution in [2.75, 3.05) is 20.2 Å². The number of ether oxygens (including phenoxy) is 1. The Morgan fingerprint density at radius 3 is 2.94 bits per heavy atom. The van der Waals surface area contributed by atoms with E-state index in [1.54, 1.807) is 19.2 Å². The van der Waals surface area contributed by atoms with Crippen LogP contribution in [0.5, 0.6) is 5.75 Å². The van der Waals surface area contributed by atoms with Gasteiger partial charge in [0, 0.05) is 6.54 Å². The Hall–Kier alpha value is -1.57. The fraction of sp³-hybridized carbons (Fsp3) is 0.417. The van der Waals surface area contributed by atoms with E-state index in [0.29, 0.717) is 17.9 Å². The fourth-order valence-electron chi connectivity index (χ4n) is 1.31. The van der Waals surface area contributed by atoms with Gasteiger partial charge < -0.3 is 15.2 Å². The van der Waals surface area contributed by atoms with Crippen molar-refractivity contribution in [3.63, 3.8) is 0 Å². The highest BCUT2D eigenvalue weighted by atomic mass is 16.5. The van der Waals surface area contributed by atoms with E-state index in [4.69, 9.17) is 10.00 Å². The second kappa shape index (κ2) is 6.11. The van der Waals surface area contributed by atoms with Gasteiger partial charge in [0.1, 0.15) is 18.5 Å². The zero-order chi connectivity index (χ0) is 12.0. The van der Waals surface area contributed by atoms with Crippen LogP contribution < -0.4 is 10.1 Å². The Balaban J connectivity index is 2.63. The molecule has 0 fully saturated rings. The number of hydrogen-bond donors (Lipinski definition) is 2. The first-order valence-electron chi connectivity index (χ1n) is 5.13. The number of benzene rings is 1. The molecule has 4 nitrogen and oxygen atoms in total. The maximum absolute atomic E-state index is 9.48. The number of nitrogens with one attached hydrogen (secondary N) is 1. The van der Waals surface area contributed by atoms with Crippen molar-refractivity contribution in [1.82, 2.24) is 5.32 Å². The molecular weight excluding hydrogens is 204 g/mol. The summed E-state index contributed by atoms with van der Waals surface area (Å²) < 4.78 is 5.45. The molecule has 0 spiro atoms. The van der Waals surface area contributed by atoms with Gasteiger partial charge in [0.2, 0.25) is 0 Å². The number of aliphatic hydroxyl groups excluding tert-OH is 1.